The van der Waals surface area contributed by atoms with Crippen molar-refractivity contribution in [1.29, 1.82) is 0 Å². The second kappa shape index (κ2) is 6.66. The van der Waals surface area contributed by atoms with E-state index >= 15 is 0 Å². The molecule has 4 nitrogen and oxygen atoms in total. The zero-order chi connectivity index (χ0) is 15.4. The number of nitrogens with one attached hydrogen (secondary N) is 2. The molecule has 1 aliphatic rings. The van der Waals surface area contributed by atoms with E-state index in [0.29, 0.717) is 18.3 Å². The second-order valence-electron chi connectivity index (χ2n) is 4.99. The molecule has 22 heavy (non-hydrogen) atoms. The largest absolute Gasteiger partial charge is 0.486 e. The lowest BCUT2D eigenvalue weighted by molar-refractivity contribution is 0.171. The molecule has 0 aliphatic carbocycles. The van der Waals surface area contributed by atoms with E-state index in [4.69, 9.17) is 21.7 Å². The van der Waals surface area contributed by atoms with Crippen molar-refractivity contribution in [2.45, 2.75) is 13.3 Å². The summed E-state index contributed by atoms with van der Waals surface area (Å²) >= 11 is 5.36. The highest BCUT2D eigenvalue weighted by Gasteiger charge is 2.12. The molecule has 0 saturated heterocycles. The highest BCUT2D eigenvalue weighted by molar-refractivity contribution is 7.80. The van der Waals surface area contributed by atoms with Gasteiger partial charge in [-0.15, -0.1) is 0 Å². The van der Waals surface area contributed by atoms with Crippen LogP contribution in [0, 0.1) is 0 Å². The van der Waals surface area contributed by atoms with Crippen molar-refractivity contribution in [3.63, 3.8) is 0 Å². The van der Waals surface area contributed by atoms with Crippen molar-refractivity contribution in [2.24, 2.45) is 0 Å². The minimum atomic E-state index is 0.546. The van der Waals surface area contributed by atoms with Gasteiger partial charge in [0.2, 0.25) is 0 Å². The Kier molecular flexibility index (Phi) is 4.44. The van der Waals surface area contributed by atoms with Crippen LogP contribution >= 0.6 is 12.2 Å². The van der Waals surface area contributed by atoms with Crippen LogP contribution in [-0.2, 0) is 6.42 Å². The van der Waals surface area contributed by atoms with Gasteiger partial charge >= 0.3 is 0 Å². The molecule has 0 fully saturated rings. The third-order valence-electron chi connectivity index (χ3n) is 3.39. The summed E-state index contributed by atoms with van der Waals surface area (Å²) in [6.07, 6.45) is 0.998. The molecule has 1 heterocycles. The topological polar surface area (TPSA) is 42.5 Å². The lowest BCUT2D eigenvalue weighted by Gasteiger charge is -2.19. The molecule has 114 valence electrons. The Morgan fingerprint density at radius 2 is 1.73 bits per heavy atom. The first-order valence-electron chi connectivity index (χ1n) is 7.31. The monoisotopic (exact) mass is 314 g/mol. The summed E-state index contributed by atoms with van der Waals surface area (Å²) in [5, 5.41) is 6.90. The molecule has 2 aromatic carbocycles. The summed E-state index contributed by atoms with van der Waals surface area (Å²) in [7, 11) is 0. The van der Waals surface area contributed by atoms with E-state index in [1.54, 1.807) is 0 Å². The fraction of sp³-hybridized carbons (Fsp3) is 0.235. The van der Waals surface area contributed by atoms with E-state index in [2.05, 4.69) is 29.7 Å². The van der Waals surface area contributed by atoms with Crippen LogP contribution in [0.2, 0.25) is 0 Å². The predicted molar refractivity (Wildman–Crippen MR) is 93.1 cm³/mol. The zero-order valence-electron chi connectivity index (χ0n) is 12.4. The normalized spacial score (nSPS) is 12.6. The van der Waals surface area contributed by atoms with Gasteiger partial charge in [-0.05, 0) is 48.5 Å². The molecule has 0 radical (unpaired) electrons. The third-order valence-corrected chi connectivity index (χ3v) is 3.60. The van der Waals surface area contributed by atoms with Gasteiger partial charge in [0, 0.05) is 17.4 Å². The quantitative estimate of drug-likeness (QED) is 0.843. The molecule has 0 spiro atoms. The maximum Gasteiger partial charge on any atom is 0.175 e. The Morgan fingerprint density at radius 1 is 1.00 bits per heavy atom. The van der Waals surface area contributed by atoms with Gasteiger partial charge in [-0.1, -0.05) is 19.1 Å². The molecule has 0 saturated carbocycles. The fourth-order valence-electron chi connectivity index (χ4n) is 2.28. The van der Waals surface area contributed by atoms with E-state index < -0.39 is 0 Å². The first kappa shape index (κ1) is 14.7. The highest BCUT2D eigenvalue weighted by Crippen LogP contribution is 2.32. The Balaban J connectivity index is 1.66. The summed E-state index contributed by atoms with van der Waals surface area (Å²) in [5.41, 5.74) is 3.12. The minimum absolute atomic E-state index is 0.546. The number of benzene rings is 2. The summed E-state index contributed by atoms with van der Waals surface area (Å²) < 4.78 is 11.1. The molecule has 3 rings (SSSR count). The molecule has 0 amide bonds. The first-order chi connectivity index (χ1) is 10.7. The maximum atomic E-state index is 5.57. The number of thiocarbonyl (C=S) groups is 1. The smallest absolute Gasteiger partial charge is 0.175 e. The third kappa shape index (κ3) is 3.49. The molecule has 0 unspecified atom stereocenters. The van der Waals surface area contributed by atoms with E-state index in [-0.39, 0.29) is 0 Å². The lowest BCUT2D eigenvalue weighted by Crippen LogP contribution is -2.20. The Labute approximate surface area is 135 Å². The van der Waals surface area contributed by atoms with Gasteiger partial charge in [-0.2, -0.15) is 0 Å². The number of hydrogen-bond acceptors (Lipinski definition) is 3. The van der Waals surface area contributed by atoms with Gasteiger partial charge in [-0.3, -0.25) is 0 Å². The molecule has 0 atom stereocenters. The van der Waals surface area contributed by atoms with E-state index in [1.807, 2.05) is 30.3 Å². The summed E-state index contributed by atoms with van der Waals surface area (Å²) in [6.45, 7) is 3.29. The fourth-order valence-corrected chi connectivity index (χ4v) is 2.52. The first-order valence-corrected chi connectivity index (χ1v) is 7.72. The molecule has 1 aliphatic heterocycles. The lowest BCUT2D eigenvalue weighted by atomic mass is 10.1. The van der Waals surface area contributed by atoms with Crippen molar-refractivity contribution in [2.75, 3.05) is 23.8 Å². The SMILES string of the molecule is CCc1cccc(NC(=S)Nc2ccc3c(c2)OCCO3)c1. The van der Waals surface area contributed by atoms with Gasteiger partial charge < -0.3 is 20.1 Å². The van der Waals surface area contributed by atoms with Gasteiger partial charge in [0.1, 0.15) is 13.2 Å². The van der Waals surface area contributed by atoms with Gasteiger partial charge in [0.05, 0.1) is 0 Å². The molecule has 0 bridgehead atoms. The van der Waals surface area contributed by atoms with E-state index in [1.165, 1.54) is 5.56 Å². The van der Waals surface area contributed by atoms with Crippen LogP contribution in [0.4, 0.5) is 11.4 Å². The highest BCUT2D eigenvalue weighted by atomic mass is 32.1. The van der Waals surface area contributed by atoms with Crippen LogP contribution in [0.15, 0.2) is 42.5 Å². The van der Waals surface area contributed by atoms with Crippen molar-refractivity contribution in [3.8, 4) is 11.5 Å². The zero-order valence-corrected chi connectivity index (χ0v) is 13.2. The van der Waals surface area contributed by atoms with E-state index in [9.17, 15) is 0 Å². The molecule has 2 N–H and O–H groups in total. The number of hydrogen-bond donors (Lipinski definition) is 2. The Hall–Kier alpha value is -2.27. The summed E-state index contributed by atoms with van der Waals surface area (Å²) in [5.74, 6) is 1.51. The van der Waals surface area contributed by atoms with Crippen molar-refractivity contribution < 1.29 is 9.47 Å². The van der Waals surface area contributed by atoms with Crippen LogP contribution in [0.25, 0.3) is 0 Å². The van der Waals surface area contributed by atoms with Crippen LogP contribution in [0.5, 0.6) is 11.5 Å². The van der Waals surface area contributed by atoms with Crippen molar-refractivity contribution in [3.05, 3.63) is 48.0 Å². The molecule has 0 aromatic heterocycles. The summed E-state index contributed by atoms with van der Waals surface area (Å²) in [6, 6.07) is 13.9. The Bertz CT molecular complexity index is 688. The predicted octanol–water partition coefficient (Wildman–Crippen LogP) is 3.83. The number of fused-ring (bicyclic) bond motifs is 1. The van der Waals surface area contributed by atoms with E-state index in [0.717, 1.165) is 29.3 Å². The number of anilines is 2. The number of ether oxygens (including phenoxy) is 2. The van der Waals surface area contributed by atoms with Crippen molar-refractivity contribution >= 4 is 28.7 Å². The van der Waals surface area contributed by atoms with Crippen LogP contribution < -0.4 is 20.1 Å². The van der Waals surface area contributed by atoms with Crippen LogP contribution in [-0.4, -0.2) is 18.3 Å². The second-order valence-corrected chi connectivity index (χ2v) is 5.40. The van der Waals surface area contributed by atoms with Crippen molar-refractivity contribution in [1.82, 2.24) is 0 Å². The maximum absolute atomic E-state index is 5.57. The average molecular weight is 314 g/mol. The standard InChI is InChI=1S/C17H18N2O2S/c1-2-12-4-3-5-13(10-12)18-17(22)19-14-6-7-15-16(11-14)21-9-8-20-15/h3-7,10-11H,2,8-9H2,1H3,(H2,18,19,22). The van der Waals surface area contributed by atoms with Gasteiger partial charge in [0.15, 0.2) is 16.6 Å². The molecular weight excluding hydrogens is 296 g/mol. The molecule has 2 aromatic rings. The Morgan fingerprint density at radius 3 is 2.50 bits per heavy atom. The average Bonchev–Trinajstić information content (AvgIpc) is 2.55. The van der Waals surface area contributed by atoms with Gasteiger partial charge in [0.25, 0.3) is 0 Å². The van der Waals surface area contributed by atoms with Crippen LogP contribution in [0.1, 0.15) is 12.5 Å². The minimum Gasteiger partial charge on any atom is -0.486 e. The number of aryl methyl sites for hydroxylation is 1. The molecular formula is C17H18N2O2S. The molecule has 5 heteroatoms. The number of rotatable bonds is 3. The summed E-state index contributed by atoms with van der Waals surface area (Å²) in [4.78, 5) is 0. The van der Waals surface area contributed by atoms with Crippen LogP contribution in [0.3, 0.4) is 0 Å². The van der Waals surface area contributed by atoms with Gasteiger partial charge in [-0.25, -0.2) is 0 Å².